The van der Waals surface area contributed by atoms with Crippen molar-refractivity contribution in [2.24, 2.45) is 0 Å². The van der Waals surface area contributed by atoms with Gasteiger partial charge in [-0.3, -0.25) is 4.79 Å². The maximum absolute atomic E-state index is 12.9. The van der Waals surface area contributed by atoms with E-state index in [-0.39, 0.29) is 30.3 Å². The molecule has 6 nitrogen and oxygen atoms in total. The Morgan fingerprint density at radius 3 is 2.52 bits per heavy atom. The maximum atomic E-state index is 12.9. The lowest BCUT2D eigenvalue weighted by molar-refractivity contribution is -0.120. The molecule has 3 N–H and O–H groups in total. The molecule has 2 rings (SSSR count). The second-order valence-corrected chi connectivity index (χ2v) is 7.24. The first-order valence-electron chi connectivity index (χ1n) is 6.88. The minimum Gasteiger partial charge on any atom is -0.398 e. The number of sulfonamides is 1. The highest BCUT2D eigenvalue weighted by Gasteiger charge is 2.30. The molecule has 1 aliphatic heterocycles. The largest absolute Gasteiger partial charge is 0.398 e. The average Bonchev–Trinajstić information content (AvgIpc) is 2.62. The molecule has 1 aliphatic rings. The Balaban J connectivity index is 2.52. The van der Waals surface area contributed by atoms with Crippen molar-refractivity contribution in [2.45, 2.75) is 32.1 Å². The second kappa shape index (κ2) is 5.65. The van der Waals surface area contributed by atoms with E-state index in [2.05, 4.69) is 5.32 Å². The van der Waals surface area contributed by atoms with Gasteiger partial charge in [0.05, 0.1) is 4.90 Å². The molecule has 1 heterocycles. The first kappa shape index (κ1) is 15.8. The van der Waals surface area contributed by atoms with Crippen LogP contribution in [0.4, 0.5) is 5.69 Å². The van der Waals surface area contributed by atoms with E-state index in [0.717, 1.165) is 5.56 Å². The Labute approximate surface area is 125 Å². The summed E-state index contributed by atoms with van der Waals surface area (Å²) < 4.78 is 27.2. The van der Waals surface area contributed by atoms with Gasteiger partial charge in [0.2, 0.25) is 15.9 Å². The molecule has 0 spiro atoms. The first-order chi connectivity index (χ1) is 9.75. The van der Waals surface area contributed by atoms with Crippen LogP contribution < -0.4 is 11.1 Å². The van der Waals surface area contributed by atoms with Crippen molar-refractivity contribution in [2.75, 3.05) is 25.4 Å². The monoisotopic (exact) mass is 311 g/mol. The molecular formula is C14H21N3O3S. The van der Waals surface area contributed by atoms with Crippen molar-refractivity contribution in [3.05, 3.63) is 22.8 Å². The Hall–Kier alpha value is -1.60. The van der Waals surface area contributed by atoms with E-state index >= 15 is 0 Å². The number of nitrogens with two attached hydrogens (primary N) is 1. The number of nitrogens with zero attached hydrogens (tertiary/aromatic N) is 1. The summed E-state index contributed by atoms with van der Waals surface area (Å²) in [5.74, 6) is -0.120. The van der Waals surface area contributed by atoms with Crippen molar-refractivity contribution < 1.29 is 13.2 Å². The fourth-order valence-corrected chi connectivity index (χ4v) is 4.52. The topological polar surface area (TPSA) is 92.5 Å². The number of amides is 1. The van der Waals surface area contributed by atoms with Gasteiger partial charge in [-0.1, -0.05) is 0 Å². The molecule has 0 atom stereocenters. The van der Waals surface area contributed by atoms with Gasteiger partial charge in [0.15, 0.2) is 0 Å². The Bertz CT molecular complexity index is 657. The van der Waals surface area contributed by atoms with E-state index < -0.39 is 10.0 Å². The number of benzene rings is 1. The van der Waals surface area contributed by atoms with Crippen LogP contribution in [-0.4, -0.2) is 38.3 Å². The Kier molecular flexibility index (Phi) is 4.25. The van der Waals surface area contributed by atoms with Gasteiger partial charge in [-0.25, -0.2) is 8.42 Å². The minimum atomic E-state index is -3.65. The predicted octanol–water partition coefficient (Wildman–Crippen LogP) is 0.705. The molecule has 1 amide bonds. The lowest BCUT2D eigenvalue weighted by Crippen LogP contribution is -2.35. The molecule has 0 aromatic heterocycles. The molecular weight excluding hydrogens is 290 g/mol. The molecule has 1 aromatic rings. The van der Waals surface area contributed by atoms with Crippen molar-refractivity contribution in [1.29, 1.82) is 0 Å². The number of nitrogens with one attached hydrogen (secondary N) is 1. The van der Waals surface area contributed by atoms with Crippen LogP contribution >= 0.6 is 0 Å². The Morgan fingerprint density at radius 2 is 1.86 bits per heavy atom. The number of carbonyl (C=O) groups excluding carboxylic acids is 1. The number of carbonyl (C=O) groups is 1. The van der Waals surface area contributed by atoms with E-state index in [1.807, 2.05) is 6.92 Å². The summed E-state index contributed by atoms with van der Waals surface area (Å²) >= 11 is 0. The molecule has 1 fully saturated rings. The fraction of sp³-hybridized carbons (Fsp3) is 0.500. The van der Waals surface area contributed by atoms with Crippen LogP contribution in [0.15, 0.2) is 11.0 Å². The molecule has 0 unspecified atom stereocenters. The van der Waals surface area contributed by atoms with Crippen molar-refractivity contribution in [3.63, 3.8) is 0 Å². The van der Waals surface area contributed by atoms with Crippen LogP contribution in [0.5, 0.6) is 0 Å². The van der Waals surface area contributed by atoms with Gasteiger partial charge in [-0.15, -0.1) is 0 Å². The number of nitrogen functional groups attached to an aromatic ring is 1. The van der Waals surface area contributed by atoms with E-state index in [0.29, 0.717) is 23.4 Å². The number of hydrogen-bond donors (Lipinski definition) is 2. The molecule has 0 saturated carbocycles. The molecule has 1 saturated heterocycles. The third-order valence-electron chi connectivity index (χ3n) is 3.95. The zero-order chi connectivity index (χ0) is 15.8. The predicted molar refractivity (Wildman–Crippen MR) is 81.5 cm³/mol. The summed E-state index contributed by atoms with van der Waals surface area (Å²) in [7, 11) is -3.65. The summed E-state index contributed by atoms with van der Waals surface area (Å²) in [5.41, 5.74) is 8.52. The van der Waals surface area contributed by atoms with Crippen molar-refractivity contribution >= 4 is 21.6 Å². The minimum absolute atomic E-state index is 0.120. The molecule has 0 bridgehead atoms. The second-order valence-electron chi connectivity index (χ2n) is 5.37. The molecule has 7 heteroatoms. The summed E-state index contributed by atoms with van der Waals surface area (Å²) in [5, 5.41) is 2.68. The molecule has 0 aliphatic carbocycles. The van der Waals surface area contributed by atoms with Crippen LogP contribution in [0.3, 0.4) is 0 Å². The SMILES string of the molecule is Cc1cc(N)c(C)c(S(=O)(=O)N2CCNC(=O)CC2)c1C. The van der Waals surface area contributed by atoms with Gasteiger partial charge in [0.1, 0.15) is 0 Å². The summed E-state index contributed by atoms with van der Waals surface area (Å²) in [6, 6.07) is 1.79. The quantitative estimate of drug-likeness (QED) is 0.787. The van der Waals surface area contributed by atoms with Gasteiger partial charge in [0.25, 0.3) is 0 Å². The average molecular weight is 311 g/mol. The van der Waals surface area contributed by atoms with Gasteiger partial charge in [-0.05, 0) is 43.5 Å². The van der Waals surface area contributed by atoms with E-state index in [9.17, 15) is 13.2 Å². The summed E-state index contributed by atoms with van der Waals surface area (Å²) in [6.45, 7) is 6.16. The summed E-state index contributed by atoms with van der Waals surface area (Å²) in [4.78, 5) is 11.7. The first-order valence-corrected chi connectivity index (χ1v) is 8.32. The highest BCUT2D eigenvalue weighted by atomic mass is 32.2. The zero-order valence-electron chi connectivity index (χ0n) is 12.6. The lowest BCUT2D eigenvalue weighted by Gasteiger charge is -2.23. The maximum Gasteiger partial charge on any atom is 0.243 e. The molecule has 0 radical (unpaired) electrons. The van der Waals surface area contributed by atoms with Crippen LogP contribution in [0.25, 0.3) is 0 Å². The van der Waals surface area contributed by atoms with Gasteiger partial charge in [0, 0.05) is 31.7 Å². The standard InChI is InChI=1S/C14H21N3O3S/c1-9-8-12(15)11(3)14(10(9)2)21(19,20)17-6-4-13(18)16-5-7-17/h8H,4-7,15H2,1-3H3,(H,16,18). The van der Waals surface area contributed by atoms with Crippen LogP contribution in [-0.2, 0) is 14.8 Å². The van der Waals surface area contributed by atoms with Gasteiger partial charge < -0.3 is 11.1 Å². The van der Waals surface area contributed by atoms with E-state index in [1.165, 1.54) is 4.31 Å². The zero-order valence-corrected chi connectivity index (χ0v) is 13.4. The lowest BCUT2D eigenvalue weighted by atomic mass is 10.1. The number of aryl methyl sites for hydroxylation is 1. The van der Waals surface area contributed by atoms with Crippen LogP contribution in [0.1, 0.15) is 23.1 Å². The smallest absolute Gasteiger partial charge is 0.243 e. The van der Waals surface area contributed by atoms with E-state index in [4.69, 9.17) is 5.73 Å². The van der Waals surface area contributed by atoms with Crippen LogP contribution in [0.2, 0.25) is 0 Å². The number of hydrogen-bond acceptors (Lipinski definition) is 4. The third-order valence-corrected chi connectivity index (χ3v) is 6.12. The van der Waals surface area contributed by atoms with Crippen molar-refractivity contribution in [3.8, 4) is 0 Å². The molecule has 116 valence electrons. The normalized spacial score (nSPS) is 17.4. The fourth-order valence-electron chi connectivity index (χ4n) is 2.54. The molecule has 1 aromatic carbocycles. The van der Waals surface area contributed by atoms with Crippen molar-refractivity contribution in [1.82, 2.24) is 9.62 Å². The highest BCUT2D eigenvalue weighted by Crippen LogP contribution is 2.30. The number of rotatable bonds is 2. The number of anilines is 1. The van der Waals surface area contributed by atoms with Gasteiger partial charge >= 0.3 is 0 Å². The molecule has 21 heavy (non-hydrogen) atoms. The Morgan fingerprint density at radius 1 is 1.19 bits per heavy atom. The summed E-state index contributed by atoms with van der Waals surface area (Å²) in [6.07, 6.45) is 0.179. The van der Waals surface area contributed by atoms with Gasteiger partial charge in [-0.2, -0.15) is 4.31 Å². The third kappa shape index (κ3) is 2.89. The highest BCUT2D eigenvalue weighted by molar-refractivity contribution is 7.89. The van der Waals surface area contributed by atoms with Crippen LogP contribution in [0, 0.1) is 20.8 Å². The van der Waals surface area contributed by atoms with E-state index in [1.54, 1.807) is 19.9 Å².